The minimum Gasteiger partial charge on any atom is -0.493 e. The minimum atomic E-state index is -0.258. The molecule has 3 aromatic carbocycles. The Hall–Kier alpha value is -2.90. The SMILES string of the molecule is COc1cc(CNCCc2ccccc2F)c(Br)cc1OCC(=O)Nc1ccc(C)cc1. The van der Waals surface area contributed by atoms with Crippen LogP contribution in [0, 0.1) is 12.7 Å². The highest BCUT2D eigenvalue weighted by molar-refractivity contribution is 9.10. The van der Waals surface area contributed by atoms with Crippen molar-refractivity contribution in [3.05, 3.63) is 87.6 Å². The highest BCUT2D eigenvalue weighted by atomic mass is 79.9. The van der Waals surface area contributed by atoms with Crippen LogP contribution in [0.3, 0.4) is 0 Å². The first-order valence-corrected chi connectivity index (χ1v) is 11.1. The Bertz CT molecular complexity index is 1060. The summed E-state index contributed by atoms with van der Waals surface area (Å²) in [7, 11) is 1.55. The number of ether oxygens (including phenoxy) is 2. The first-order chi connectivity index (χ1) is 15.5. The number of rotatable bonds is 10. The van der Waals surface area contributed by atoms with Crippen molar-refractivity contribution >= 4 is 27.5 Å². The van der Waals surface area contributed by atoms with Crippen LogP contribution >= 0.6 is 15.9 Å². The Morgan fingerprint density at radius 3 is 2.50 bits per heavy atom. The molecule has 0 aromatic heterocycles. The van der Waals surface area contributed by atoms with E-state index in [1.807, 2.05) is 43.3 Å². The van der Waals surface area contributed by atoms with Gasteiger partial charge >= 0.3 is 0 Å². The highest BCUT2D eigenvalue weighted by Gasteiger charge is 2.12. The maximum Gasteiger partial charge on any atom is 0.262 e. The van der Waals surface area contributed by atoms with Crippen LogP contribution in [-0.2, 0) is 17.8 Å². The fourth-order valence-electron chi connectivity index (χ4n) is 3.11. The van der Waals surface area contributed by atoms with Gasteiger partial charge in [0.2, 0.25) is 0 Å². The molecule has 168 valence electrons. The van der Waals surface area contributed by atoms with Gasteiger partial charge in [-0.1, -0.05) is 51.8 Å². The average molecular weight is 501 g/mol. The minimum absolute atomic E-state index is 0.142. The second kappa shape index (κ2) is 11.6. The van der Waals surface area contributed by atoms with Gasteiger partial charge in [-0.15, -0.1) is 0 Å². The third-order valence-electron chi connectivity index (χ3n) is 4.87. The van der Waals surface area contributed by atoms with Crippen molar-refractivity contribution in [2.75, 3.05) is 25.6 Å². The molecule has 1 amide bonds. The molecule has 0 radical (unpaired) electrons. The Morgan fingerprint density at radius 1 is 1.03 bits per heavy atom. The lowest BCUT2D eigenvalue weighted by Gasteiger charge is -2.14. The summed E-state index contributed by atoms with van der Waals surface area (Å²) in [5, 5.41) is 6.11. The molecule has 0 bridgehead atoms. The summed E-state index contributed by atoms with van der Waals surface area (Å²) >= 11 is 3.55. The molecule has 0 saturated carbocycles. The average Bonchev–Trinajstić information content (AvgIpc) is 2.79. The number of hydrogen-bond acceptors (Lipinski definition) is 4. The molecule has 0 atom stereocenters. The van der Waals surface area contributed by atoms with Gasteiger partial charge in [-0.05, 0) is 61.3 Å². The Kier molecular flexibility index (Phi) is 8.64. The predicted octanol–water partition coefficient (Wildman–Crippen LogP) is 5.26. The normalized spacial score (nSPS) is 10.6. The van der Waals surface area contributed by atoms with Crippen molar-refractivity contribution in [3.8, 4) is 11.5 Å². The maximum atomic E-state index is 13.7. The molecule has 0 spiro atoms. The third-order valence-corrected chi connectivity index (χ3v) is 5.61. The van der Waals surface area contributed by atoms with E-state index < -0.39 is 0 Å². The molecule has 0 aliphatic carbocycles. The van der Waals surface area contributed by atoms with Crippen LogP contribution in [0.1, 0.15) is 16.7 Å². The van der Waals surface area contributed by atoms with Crippen molar-refractivity contribution < 1.29 is 18.7 Å². The number of halogens is 2. The summed E-state index contributed by atoms with van der Waals surface area (Å²) in [6.07, 6.45) is 0.596. The van der Waals surface area contributed by atoms with Gasteiger partial charge in [0.25, 0.3) is 5.91 Å². The summed E-state index contributed by atoms with van der Waals surface area (Å²) in [5.74, 6) is 0.548. The Morgan fingerprint density at radius 2 is 1.78 bits per heavy atom. The van der Waals surface area contributed by atoms with Crippen molar-refractivity contribution in [2.45, 2.75) is 19.9 Å². The van der Waals surface area contributed by atoms with Crippen molar-refractivity contribution in [2.24, 2.45) is 0 Å². The molecule has 3 aromatic rings. The van der Waals surface area contributed by atoms with Gasteiger partial charge < -0.3 is 20.1 Å². The number of hydrogen-bond donors (Lipinski definition) is 2. The zero-order chi connectivity index (χ0) is 22.9. The number of carbonyl (C=O) groups is 1. The molecule has 0 fully saturated rings. The Labute approximate surface area is 196 Å². The smallest absolute Gasteiger partial charge is 0.262 e. The van der Waals surface area contributed by atoms with E-state index in [0.717, 1.165) is 15.6 Å². The van der Waals surface area contributed by atoms with Crippen LogP contribution < -0.4 is 20.1 Å². The van der Waals surface area contributed by atoms with Gasteiger partial charge in [0.15, 0.2) is 18.1 Å². The quantitative estimate of drug-likeness (QED) is 0.373. The van der Waals surface area contributed by atoms with E-state index in [2.05, 4.69) is 26.6 Å². The third kappa shape index (κ3) is 6.80. The van der Waals surface area contributed by atoms with E-state index in [1.165, 1.54) is 6.07 Å². The van der Waals surface area contributed by atoms with Crippen LogP contribution in [-0.4, -0.2) is 26.2 Å². The van der Waals surface area contributed by atoms with Gasteiger partial charge in [-0.25, -0.2) is 4.39 Å². The van der Waals surface area contributed by atoms with Gasteiger partial charge in [0.05, 0.1) is 7.11 Å². The molecule has 0 heterocycles. The predicted molar refractivity (Wildman–Crippen MR) is 128 cm³/mol. The molecule has 2 N–H and O–H groups in total. The maximum absolute atomic E-state index is 13.7. The van der Waals surface area contributed by atoms with Crippen LogP contribution in [0.25, 0.3) is 0 Å². The molecule has 3 rings (SSSR count). The van der Waals surface area contributed by atoms with Crippen LogP contribution in [0.5, 0.6) is 11.5 Å². The molecule has 7 heteroatoms. The zero-order valence-corrected chi connectivity index (χ0v) is 19.7. The van der Waals surface area contributed by atoms with E-state index in [4.69, 9.17) is 9.47 Å². The number of nitrogens with one attached hydrogen (secondary N) is 2. The van der Waals surface area contributed by atoms with Crippen molar-refractivity contribution in [1.29, 1.82) is 0 Å². The van der Waals surface area contributed by atoms with E-state index >= 15 is 0 Å². The second-order valence-electron chi connectivity index (χ2n) is 7.32. The molecule has 0 unspecified atom stereocenters. The van der Waals surface area contributed by atoms with Gasteiger partial charge in [-0.2, -0.15) is 0 Å². The standard InChI is InChI=1S/C25H26BrFN2O3/c1-17-7-9-20(10-8-17)29-25(30)16-32-24-14-21(26)19(13-23(24)31-2)15-28-12-11-18-5-3-4-6-22(18)27/h3-10,13-14,28H,11-12,15-16H2,1-2H3,(H,29,30). The van der Waals surface area contributed by atoms with E-state index in [-0.39, 0.29) is 18.3 Å². The van der Waals surface area contributed by atoms with Crippen molar-refractivity contribution in [1.82, 2.24) is 5.32 Å². The van der Waals surface area contributed by atoms with Crippen LogP contribution in [0.15, 0.2) is 65.1 Å². The van der Waals surface area contributed by atoms with Crippen LogP contribution in [0.2, 0.25) is 0 Å². The molecular formula is C25H26BrFN2O3. The van der Waals surface area contributed by atoms with E-state index in [0.29, 0.717) is 42.3 Å². The monoisotopic (exact) mass is 500 g/mol. The van der Waals surface area contributed by atoms with Gasteiger partial charge in [0.1, 0.15) is 5.82 Å². The molecule has 5 nitrogen and oxygen atoms in total. The molecule has 0 aliphatic rings. The van der Waals surface area contributed by atoms with Crippen molar-refractivity contribution in [3.63, 3.8) is 0 Å². The number of benzene rings is 3. The number of aryl methyl sites for hydroxylation is 1. The fourth-order valence-corrected chi connectivity index (χ4v) is 3.57. The number of anilines is 1. The summed E-state index contributed by atoms with van der Waals surface area (Å²) in [6, 6.07) is 18.0. The number of amides is 1. The summed E-state index contributed by atoms with van der Waals surface area (Å²) < 4.78 is 25.7. The molecule has 32 heavy (non-hydrogen) atoms. The topological polar surface area (TPSA) is 59.6 Å². The molecule has 0 saturated heterocycles. The van der Waals surface area contributed by atoms with E-state index in [1.54, 1.807) is 25.3 Å². The number of carbonyl (C=O) groups excluding carboxylic acids is 1. The summed E-state index contributed by atoms with van der Waals surface area (Å²) in [6.45, 7) is 3.05. The fraction of sp³-hybridized carbons (Fsp3) is 0.240. The first-order valence-electron chi connectivity index (χ1n) is 10.3. The first kappa shape index (κ1) is 23.8. The van der Waals surface area contributed by atoms with Crippen LogP contribution in [0.4, 0.5) is 10.1 Å². The lowest BCUT2D eigenvalue weighted by molar-refractivity contribution is -0.118. The lowest BCUT2D eigenvalue weighted by atomic mass is 10.1. The zero-order valence-electron chi connectivity index (χ0n) is 18.1. The molecule has 0 aliphatic heterocycles. The van der Waals surface area contributed by atoms with Gasteiger partial charge in [-0.3, -0.25) is 4.79 Å². The lowest BCUT2D eigenvalue weighted by Crippen LogP contribution is -2.20. The molecular weight excluding hydrogens is 475 g/mol. The van der Waals surface area contributed by atoms with Gasteiger partial charge in [0, 0.05) is 16.7 Å². The highest BCUT2D eigenvalue weighted by Crippen LogP contribution is 2.33. The Balaban J connectivity index is 1.54. The largest absolute Gasteiger partial charge is 0.493 e. The number of methoxy groups -OCH3 is 1. The van der Waals surface area contributed by atoms with E-state index in [9.17, 15) is 9.18 Å². The summed E-state index contributed by atoms with van der Waals surface area (Å²) in [5.41, 5.74) is 3.49. The summed E-state index contributed by atoms with van der Waals surface area (Å²) in [4.78, 5) is 12.2. The second-order valence-corrected chi connectivity index (χ2v) is 8.17.